The highest BCUT2D eigenvalue weighted by Crippen LogP contribution is 2.34. The monoisotopic (exact) mass is 316 g/mol. The number of aromatic hydroxyl groups is 2. The van der Waals surface area contributed by atoms with Crippen molar-refractivity contribution in [3.63, 3.8) is 0 Å². The third-order valence-corrected chi connectivity index (χ3v) is 4.40. The molecule has 0 fully saturated rings. The van der Waals surface area contributed by atoms with Crippen LogP contribution in [0.2, 0.25) is 0 Å². The lowest BCUT2D eigenvalue weighted by Gasteiger charge is -2.25. The van der Waals surface area contributed by atoms with Crippen molar-refractivity contribution in [2.45, 2.75) is 18.9 Å². The van der Waals surface area contributed by atoms with Gasteiger partial charge in [0.1, 0.15) is 6.04 Å². The lowest BCUT2D eigenvalue weighted by molar-refractivity contribution is -0.698. The molecule has 5 heteroatoms. The predicted octanol–water partition coefficient (Wildman–Crippen LogP) is 1.52. The van der Waals surface area contributed by atoms with Crippen molar-refractivity contribution in [3.8, 4) is 23.0 Å². The number of phenols is 2. The summed E-state index contributed by atoms with van der Waals surface area (Å²) in [6.07, 6.45) is 1.73. The van der Waals surface area contributed by atoms with Gasteiger partial charge in [-0.1, -0.05) is 6.07 Å². The number of rotatable bonds is 4. The Morgan fingerprint density at radius 3 is 2.48 bits per heavy atom. The van der Waals surface area contributed by atoms with Gasteiger partial charge in [-0.25, -0.2) is 0 Å². The SMILES string of the molecule is COc1ccc(C[C@@H]2[NH2+]CCc3cc(OC)c(O)cc32)cc1O. The molecule has 0 spiro atoms. The van der Waals surface area contributed by atoms with E-state index in [4.69, 9.17) is 9.47 Å². The molecule has 122 valence electrons. The number of phenolic OH excluding ortho intramolecular Hbond substituents is 2. The number of fused-ring (bicyclic) bond motifs is 1. The van der Waals surface area contributed by atoms with E-state index in [-0.39, 0.29) is 17.5 Å². The van der Waals surface area contributed by atoms with Crippen molar-refractivity contribution in [2.75, 3.05) is 20.8 Å². The van der Waals surface area contributed by atoms with Crippen LogP contribution in [0.5, 0.6) is 23.0 Å². The first-order valence-electron chi connectivity index (χ1n) is 7.71. The Morgan fingerprint density at radius 2 is 1.78 bits per heavy atom. The molecule has 4 N–H and O–H groups in total. The van der Waals surface area contributed by atoms with E-state index in [1.165, 1.54) is 12.7 Å². The van der Waals surface area contributed by atoms with Gasteiger partial charge in [-0.15, -0.1) is 0 Å². The van der Waals surface area contributed by atoms with Crippen molar-refractivity contribution in [1.82, 2.24) is 0 Å². The van der Waals surface area contributed by atoms with Crippen LogP contribution in [-0.4, -0.2) is 31.0 Å². The van der Waals surface area contributed by atoms with Gasteiger partial charge in [0.2, 0.25) is 0 Å². The molecular weight excluding hydrogens is 294 g/mol. The highest BCUT2D eigenvalue weighted by Gasteiger charge is 2.25. The number of hydrogen-bond acceptors (Lipinski definition) is 4. The number of nitrogens with two attached hydrogens (primary N) is 1. The van der Waals surface area contributed by atoms with Crippen LogP contribution >= 0.6 is 0 Å². The van der Waals surface area contributed by atoms with Crippen molar-refractivity contribution in [1.29, 1.82) is 0 Å². The van der Waals surface area contributed by atoms with Crippen molar-refractivity contribution in [2.24, 2.45) is 0 Å². The van der Waals surface area contributed by atoms with Crippen LogP contribution in [0.25, 0.3) is 0 Å². The molecule has 0 saturated carbocycles. The number of ether oxygens (including phenoxy) is 2. The van der Waals surface area contributed by atoms with Crippen LogP contribution in [0.4, 0.5) is 0 Å². The average Bonchev–Trinajstić information content (AvgIpc) is 2.55. The summed E-state index contributed by atoms with van der Waals surface area (Å²) >= 11 is 0. The molecule has 0 aromatic heterocycles. The second-order valence-corrected chi connectivity index (χ2v) is 5.81. The quantitative estimate of drug-likeness (QED) is 0.799. The van der Waals surface area contributed by atoms with E-state index in [1.807, 2.05) is 12.1 Å². The summed E-state index contributed by atoms with van der Waals surface area (Å²) in [6, 6.07) is 9.42. The average molecular weight is 316 g/mol. The zero-order chi connectivity index (χ0) is 16.4. The molecule has 0 unspecified atom stereocenters. The smallest absolute Gasteiger partial charge is 0.160 e. The van der Waals surface area contributed by atoms with Gasteiger partial charge in [-0.05, 0) is 35.4 Å². The molecule has 0 bridgehead atoms. The Hall–Kier alpha value is -2.40. The minimum absolute atomic E-state index is 0.151. The molecule has 5 nitrogen and oxygen atoms in total. The topological polar surface area (TPSA) is 75.5 Å². The van der Waals surface area contributed by atoms with Gasteiger partial charge in [0, 0.05) is 18.4 Å². The Morgan fingerprint density at radius 1 is 1.04 bits per heavy atom. The fourth-order valence-corrected chi connectivity index (χ4v) is 3.23. The molecule has 0 aliphatic carbocycles. The predicted molar refractivity (Wildman–Crippen MR) is 86.3 cm³/mol. The van der Waals surface area contributed by atoms with Gasteiger partial charge in [-0.2, -0.15) is 0 Å². The van der Waals surface area contributed by atoms with Gasteiger partial charge < -0.3 is 25.0 Å². The normalized spacial score (nSPS) is 16.7. The first-order valence-corrected chi connectivity index (χ1v) is 7.71. The van der Waals surface area contributed by atoms with Crippen molar-refractivity contribution in [3.05, 3.63) is 47.0 Å². The van der Waals surface area contributed by atoms with E-state index < -0.39 is 0 Å². The van der Waals surface area contributed by atoms with Crippen LogP contribution < -0.4 is 14.8 Å². The molecule has 1 aliphatic heterocycles. The standard InChI is InChI=1S/C18H21NO4/c1-22-17-4-3-11(8-15(17)20)7-14-13-10-16(21)18(23-2)9-12(13)5-6-19-14/h3-4,8-10,14,19-21H,5-7H2,1-2H3/p+1/t14-/m0/s1. The molecule has 0 radical (unpaired) electrons. The number of quaternary nitrogens is 1. The second-order valence-electron chi connectivity index (χ2n) is 5.81. The van der Waals surface area contributed by atoms with Crippen LogP contribution in [0.15, 0.2) is 30.3 Å². The molecule has 23 heavy (non-hydrogen) atoms. The summed E-state index contributed by atoms with van der Waals surface area (Å²) in [5, 5.41) is 22.3. The molecule has 1 heterocycles. The van der Waals surface area contributed by atoms with E-state index in [2.05, 4.69) is 5.32 Å². The molecule has 0 amide bonds. The van der Waals surface area contributed by atoms with E-state index in [1.54, 1.807) is 25.3 Å². The molecule has 1 atom stereocenters. The molecular formula is C18H22NO4+. The van der Waals surface area contributed by atoms with Gasteiger partial charge in [0.05, 0.1) is 20.8 Å². The fourth-order valence-electron chi connectivity index (χ4n) is 3.23. The lowest BCUT2D eigenvalue weighted by Crippen LogP contribution is -2.87. The molecule has 1 aliphatic rings. The fraction of sp³-hybridized carbons (Fsp3) is 0.333. The van der Waals surface area contributed by atoms with Crippen molar-refractivity contribution >= 4 is 0 Å². The Labute approximate surface area is 135 Å². The van der Waals surface area contributed by atoms with Gasteiger partial charge in [-0.3, -0.25) is 0 Å². The molecule has 0 saturated heterocycles. The van der Waals surface area contributed by atoms with Crippen LogP contribution in [0.3, 0.4) is 0 Å². The van der Waals surface area contributed by atoms with Crippen LogP contribution in [0, 0.1) is 0 Å². The first-order chi connectivity index (χ1) is 11.1. The largest absolute Gasteiger partial charge is 0.504 e. The third kappa shape index (κ3) is 3.05. The molecule has 3 rings (SSSR count). The van der Waals surface area contributed by atoms with E-state index in [0.717, 1.165) is 30.5 Å². The number of methoxy groups -OCH3 is 2. The zero-order valence-corrected chi connectivity index (χ0v) is 13.4. The Bertz CT molecular complexity index is 714. The number of benzene rings is 2. The van der Waals surface area contributed by atoms with Gasteiger partial charge in [0.25, 0.3) is 0 Å². The van der Waals surface area contributed by atoms with Gasteiger partial charge >= 0.3 is 0 Å². The minimum atomic E-state index is 0.151. The highest BCUT2D eigenvalue weighted by atomic mass is 16.5. The second kappa shape index (κ2) is 6.38. The molecule has 2 aromatic carbocycles. The maximum absolute atomic E-state index is 10.1. The van der Waals surface area contributed by atoms with Crippen LogP contribution in [-0.2, 0) is 12.8 Å². The lowest BCUT2D eigenvalue weighted by atomic mass is 9.90. The first kappa shape index (κ1) is 15.5. The Balaban J connectivity index is 1.88. The highest BCUT2D eigenvalue weighted by molar-refractivity contribution is 5.48. The summed E-state index contributed by atoms with van der Waals surface area (Å²) in [6.45, 7) is 0.994. The summed E-state index contributed by atoms with van der Waals surface area (Å²) in [4.78, 5) is 0. The van der Waals surface area contributed by atoms with E-state index >= 15 is 0 Å². The maximum atomic E-state index is 10.1. The van der Waals surface area contributed by atoms with E-state index in [9.17, 15) is 10.2 Å². The summed E-state index contributed by atoms with van der Waals surface area (Å²) < 4.78 is 10.3. The molecule has 2 aromatic rings. The summed E-state index contributed by atoms with van der Waals surface area (Å²) in [5.41, 5.74) is 3.38. The van der Waals surface area contributed by atoms with Crippen LogP contribution in [0.1, 0.15) is 22.7 Å². The third-order valence-electron chi connectivity index (χ3n) is 4.40. The van der Waals surface area contributed by atoms with Gasteiger partial charge in [0.15, 0.2) is 23.0 Å². The maximum Gasteiger partial charge on any atom is 0.160 e. The Kier molecular flexibility index (Phi) is 4.30. The number of hydrogen-bond donors (Lipinski definition) is 3. The zero-order valence-electron chi connectivity index (χ0n) is 13.4. The summed E-state index contributed by atoms with van der Waals surface area (Å²) in [7, 11) is 3.10. The summed E-state index contributed by atoms with van der Waals surface area (Å²) in [5.74, 6) is 1.32. The minimum Gasteiger partial charge on any atom is -0.504 e. The van der Waals surface area contributed by atoms with E-state index in [0.29, 0.717) is 11.5 Å². The van der Waals surface area contributed by atoms with Crippen molar-refractivity contribution < 1.29 is 25.0 Å².